The number of hydrogen-bond acceptors (Lipinski definition) is 2. The van der Waals surface area contributed by atoms with Crippen LogP contribution in [0.5, 0.6) is 0 Å². The van der Waals surface area contributed by atoms with Crippen LogP contribution in [0.4, 0.5) is 0 Å². The van der Waals surface area contributed by atoms with Crippen molar-refractivity contribution in [3.8, 4) is 0 Å². The molecule has 1 N–H and O–H groups in total. The third-order valence-electron chi connectivity index (χ3n) is 2.90. The molecule has 100 valence electrons. The summed E-state index contributed by atoms with van der Waals surface area (Å²) in [6.07, 6.45) is 3.37. The van der Waals surface area contributed by atoms with Crippen LogP contribution in [0.1, 0.15) is 30.0 Å². The van der Waals surface area contributed by atoms with E-state index in [2.05, 4.69) is 50.4 Å². The minimum atomic E-state index is 0.764. The summed E-state index contributed by atoms with van der Waals surface area (Å²) in [4.78, 5) is 0. The van der Waals surface area contributed by atoms with Gasteiger partial charge < -0.3 is 10.1 Å². The Bertz CT molecular complexity index is 376. The van der Waals surface area contributed by atoms with E-state index in [9.17, 15) is 0 Å². The van der Waals surface area contributed by atoms with Crippen LogP contribution in [0.25, 0.3) is 6.08 Å². The molecule has 0 heterocycles. The van der Waals surface area contributed by atoms with Crippen molar-refractivity contribution in [2.45, 2.75) is 27.2 Å². The highest BCUT2D eigenvalue weighted by Gasteiger charge is 1.97. The van der Waals surface area contributed by atoms with Gasteiger partial charge in [-0.05, 0) is 25.8 Å². The Kier molecular flexibility index (Phi) is 6.69. The van der Waals surface area contributed by atoms with Crippen molar-refractivity contribution in [3.63, 3.8) is 0 Å². The highest BCUT2D eigenvalue weighted by Crippen LogP contribution is 2.13. The van der Waals surface area contributed by atoms with Crippen molar-refractivity contribution in [1.82, 2.24) is 5.32 Å². The first-order valence-corrected chi connectivity index (χ1v) is 6.63. The van der Waals surface area contributed by atoms with Gasteiger partial charge in [0, 0.05) is 20.2 Å². The van der Waals surface area contributed by atoms with Crippen LogP contribution in [0, 0.1) is 13.8 Å². The normalized spacial score (nSPS) is 11.9. The number of ether oxygens (including phenoxy) is 1. The molecule has 0 fully saturated rings. The van der Waals surface area contributed by atoms with Crippen molar-refractivity contribution in [2.24, 2.45) is 0 Å². The molecule has 0 radical (unpaired) electrons. The monoisotopic (exact) mass is 247 g/mol. The van der Waals surface area contributed by atoms with E-state index in [0.29, 0.717) is 0 Å². The molecule has 0 amide bonds. The predicted octanol–water partition coefficient (Wildman–Crippen LogP) is 3.33. The Balaban J connectivity index is 2.65. The fourth-order valence-electron chi connectivity index (χ4n) is 2.03. The second-order valence-corrected chi connectivity index (χ2v) is 4.75. The molecule has 1 rings (SSSR count). The van der Waals surface area contributed by atoms with Gasteiger partial charge in [0.15, 0.2) is 0 Å². The fourth-order valence-corrected chi connectivity index (χ4v) is 2.03. The van der Waals surface area contributed by atoms with Crippen LogP contribution < -0.4 is 5.32 Å². The Morgan fingerprint density at radius 3 is 2.44 bits per heavy atom. The summed E-state index contributed by atoms with van der Waals surface area (Å²) in [6.45, 7) is 9.10. The molecule has 18 heavy (non-hydrogen) atoms. The second kappa shape index (κ2) is 8.06. The van der Waals surface area contributed by atoms with E-state index in [1.807, 2.05) is 0 Å². The van der Waals surface area contributed by atoms with Crippen LogP contribution in [-0.2, 0) is 4.74 Å². The van der Waals surface area contributed by atoms with Crippen molar-refractivity contribution >= 4 is 6.08 Å². The molecule has 1 aromatic carbocycles. The first kappa shape index (κ1) is 14.9. The summed E-state index contributed by atoms with van der Waals surface area (Å²) in [5.41, 5.74) is 5.38. The van der Waals surface area contributed by atoms with E-state index in [4.69, 9.17) is 4.74 Å². The van der Waals surface area contributed by atoms with Gasteiger partial charge in [0.2, 0.25) is 0 Å². The quantitative estimate of drug-likeness (QED) is 0.746. The van der Waals surface area contributed by atoms with Crippen LogP contribution in [0.15, 0.2) is 23.8 Å². The third-order valence-corrected chi connectivity index (χ3v) is 2.90. The molecule has 0 aliphatic carbocycles. The minimum Gasteiger partial charge on any atom is -0.383 e. The number of benzene rings is 1. The minimum absolute atomic E-state index is 0.764. The molecular formula is C16H25NO. The smallest absolute Gasteiger partial charge is 0.0587 e. The molecule has 1 aromatic rings. The summed E-state index contributed by atoms with van der Waals surface area (Å²) in [7, 11) is 1.73. The standard InChI is InChI=1S/C16H25NO/c1-5-15(12-17-6-7-18-4)11-16-9-13(2)8-14(3)10-16/h8-11,17H,5-7,12H2,1-4H3. The van der Waals surface area contributed by atoms with Gasteiger partial charge in [0.25, 0.3) is 0 Å². The van der Waals surface area contributed by atoms with Gasteiger partial charge in [-0.1, -0.05) is 47.9 Å². The Morgan fingerprint density at radius 2 is 1.89 bits per heavy atom. The molecule has 0 saturated carbocycles. The zero-order valence-corrected chi connectivity index (χ0v) is 12.0. The maximum atomic E-state index is 5.03. The number of aryl methyl sites for hydroxylation is 2. The lowest BCUT2D eigenvalue weighted by atomic mass is 10.0. The predicted molar refractivity (Wildman–Crippen MR) is 78.9 cm³/mol. The number of nitrogens with one attached hydrogen (secondary N) is 1. The lowest BCUT2D eigenvalue weighted by Crippen LogP contribution is -2.21. The van der Waals surface area contributed by atoms with Crippen molar-refractivity contribution in [3.05, 3.63) is 40.5 Å². The molecular weight excluding hydrogens is 222 g/mol. The van der Waals surface area contributed by atoms with Gasteiger partial charge >= 0.3 is 0 Å². The van der Waals surface area contributed by atoms with E-state index in [1.165, 1.54) is 22.3 Å². The molecule has 0 spiro atoms. The molecule has 2 nitrogen and oxygen atoms in total. The van der Waals surface area contributed by atoms with Crippen LogP contribution in [0.2, 0.25) is 0 Å². The molecule has 0 unspecified atom stereocenters. The van der Waals surface area contributed by atoms with Gasteiger partial charge in [0.05, 0.1) is 6.61 Å². The molecule has 0 bridgehead atoms. The largest absolute Gasteiger partial charge is 0.383 e. The molecule has 2 heteroatoms. The van der Waals surface area contributed by atoms with E-state index < -0.39 is 0 Å². The topological polar surface area (TPSA) is 21.3 Å². The highest BCUT2D eigenvalue weighted by atomic mass is 16.5. The summed E-state index contributed by atoms with van der Waals surface area (Å²) < 4.78 is 5.03. The molecule has 0 atom stereocenters. The lowest BCUT2D eigenvalue weighted by Gasteiger charge is -2.08. The molecule has 0 saturated heterocycles. The Hall–Kier alpha value is -1.12. The average Bonchev–Trinajstić information content (AvgIpc) is 2.32. The van der Waals surface area contributed by atoms with E-state index in [-0.39, 0.29) is 0 Å². The maximum absolute atomic E-state index is 5.03. The summed E-state index contributed by atoms with van der Waals surface area (Å²) in [6, 6.07) is 6.68. The summed E-state index contributed by atoms with van der Waals surface area (Å²) >= 11 is 0. The Morgan fingerprint density at radius 1 is 1.22 bits per heavy atom. The lowest BCUT2D eigenvalue weighted by molar-refractivity contribution is 0.200. The molecule has 0 aromatic heterocycles. The van der Waals surface area contributed by atoms with Gasteiger partial charge in [-0.2, -0.15) is 0 Å². The first-order valence-electron chi connectivity index (χ1n) is 6.63. The zero-order valence-electron chi connectivity index (χ0n) is 12.0. The highest BCUT2D eigenvalue weighted by molar-refractivity contribution is 5.55. The fraction of sp³-hybridized carbons (Fsp3) is 0.500. The van der Waals surface area contributed by atoms with Crippen LogP contribution >= 0.6 is 0 Å². The SMILES string of the molecule is CCC(=Cc1cc(C)cc(C)c1)CNCCOC. The van der Waals surface area contributed by atoms with Gasteiger partial charge in [-0.15, -0.1) is 0 Å². The van der Waals surface area contributed by atoms with Gasteiger partial charge in [-0.25, -0.2) is 0 Å². The van der Waals surface area contributed by atoms with E-state index >= 15 is 0 Å². The maximum Gasteiger partial charge on any atom is 0.0587 e. The number of hydrogen-bond donors (Lipinski definition) is 1. The second-order valence-electron chi connectivity index (χ2n) is 4.75. The number of rotatable bonds is 7. The van der Waals surface area contributed by atoms with Crippen molar-refractivity contribution < 1.29 is 4.74 Å². The van der Waals surface area contributed by atoms with E-state index in [1.54, 1.807) is 7.11 Å². The molecule has 0 aliphatic heterocycles. The van der Waals surface area contributed by atoms with Crippen molar-refractivity contribution in [1.29, 1.82) is 0 Å². The first-order chi connectivity index (χ1) is 8.65. The average molecular weight is 247 g/mol. The van der Waals surface area contributed by atoms with E-state index in [0.717, 1.165) is 26.1 Å². The van der Waals surface area contributed by atoms with Gasteiger partial charge in [0.1, 0.15) is 0 Å². The third kappa shape index (κ3) is 5.48. The van der Waals surface area contributed by atoms with Gasteiger partial charge in [-0.3, -0.25) is 0 Å². The van der Waals surface area contributed by atoms with Crippen LogP contribution in [-0.4, -0.2) is 26.8 Å². The van der Waals surface area contributed by atoms with Crippen molar-refractivity contribution in [2.75, 3.05) is 26.8 Å². The zero-order chi connectivity index (χ0) is 13.4. The summed E-state index contributed by atoms with van der Waals surface area (Å²) in [5, 5.41) is 3.39. The number of methoxy groups -OCH3 is 1. The molecule has 0 aliphatic rings. The Labute approximate surface area is 111 Å². The summed E-state index contributed by atoms with van der Waals surface area (Å²) in [5.74, 6) is 0. The van der Waals surface area contributed by atoms with Crippen LogP contribution in [0.3, 0.4) is 0 Å².